The number of piperidine rings is 2. The van der Waals surface area contributed by atoms with E-state index in [1.54, 1.807) is 11.0 Å². The Labute approximate surface area is 139 Å². The molecule has 0 saturated carbocycles. The van der Waals surface area contributed by atoms with Crippen molar-refractivity contribution >= 4 is 22.7 Å². The lowest BCUT2D eigenvalue weighted by molar-refractivity contribution is -0.147. The molecule has 2 aliphatic heterocycles. The number of aliphatic hydroxyl groups excluding tert-OH is 1. The molecule has 0 aliphatic carbocycles. The number of fused-ring (bicyclic) bond motifs is 1. The molecule has 2 atom stereocenters. The fourth-order valence-electron chi connectivity index (χ4n) is 3.99. The van der Waals surface area contributed by atoms with Crippen LogP contribution in [0, 0.1) is 5.41 Å². The molecule has 4 rings (SSSR count). The number of H-pyrrole nitrogens is 1. The lowest BCUT2D eigenvalue weighted by Crippen LogP contribution is -2.62. The maximum Gasteiger partial charge on any atom is 0.253 e. The minimum absolute atomic E-state index is 0.0808. The number of likely N-dealkylation sites (tertiary alicyclic amines) is 1. The summed E-state index contributed by atoms with van der Waals surface area (Å²) in [5, 5.41) is 14.3. The maximum absolute atomic E-state index is 12.9. The van der Waals surface area contributed by atoms with Gasteiger partial charge < -0.3 is 20.3 Å². The van der Waals surface area contributed by atoms with E-state index in [4.69, 9.17) is 0 Å². The SMILES string of the molecule is O=C(c1ccc2[nH]ccc2c1)N1CC[C@@H](O)[C@@]2(CCCNC2=O)C1. The average Bonchev–Trinajstić information content (AvgIpc) is 3.06. The fourth-order valence-corrected chi connectivity index (χ4v) is 3.99. The molecular weight excluding hydrogens is 306 g/mol. The van der Waals surface area contributed by atoms with Gasteiger partial charge in [-0.15, -0.1) is 0 Å². The van der Waals surface area contributed by atoms with E-state index in [1.165, 1.54) is 0 Å². The van der Waals surface area contributed by atoms with Crippen LogP contribution in [0.25, 0.3) is 10.9 Å². The van der Waals surface area contributed by atoms with Crippen molar-refractivity contribution < 1.29 is 14.7 Å². The zero-order valence-electron chi connectivity index (χ0n) is 13.4. The predicted octanol–water partition coefficient (Wildman–Crippen LogP) is 1.27. The van der Waals surface area contributed by atoms with Gasteiger partial charge in [0.15, 0.2) is 0 Å². The number of nitrogens with one attached hydrogen (secondary N) is 2. The normalized spacial score (nSPS) is 27.5. The van der Waals surface area contributed by atoms with Crippen LogP contribution in [0.2, 0.25) is 0 Å². The van der Waals surface area contributed by atoms with E-state index in [0.29, 0.717) is 31.5 Å². The molecule has 2 fully saturated rings. The van der Waals surface area contributed by atoms with Crippen LogP contribution < -0.4 is 5.32 Å². The van der Waals surface area contributed by atoms with Gasteiger partial charge >= 0.3 is 0 Å². The Balaban J connectivity index is 1.61. The second-order valence-corrected chi connectivity index (χ2v) is 6.83. The van der Waals surface area contributed by atoms with Crippen LogP contribution in [0.1, 0.15) is 29.6 Å². The first-order valence-electron chi connectivity index (χ1n) is 8.43. The third-order valence-corrected chi connectivity index (χ3v) is 5.41. The number of amides is 2. The molecule has 3 N–H and O–H groups in total. The third-order valence-electron chi connectivity index (χ3n) is 5.41. The van der Waals surface area contributed by atoms with Crippen molar-refractivity contribution in [2.75, 3.05) is 19.6 Å². The van der Waals surface area contributed by atoms with Crippen LogP contribution in [0.5, 0.6) is 0 Å². The Morgan fingerprint density at radius 2 is 2.21 bits per heavy atom. The molecular formula is C18H21N3O3. The molecule has 1 aromatic carbocycles. The number of aliphatic hydroxyl groups is 1. The Hall–Kier alpha value is -2.34. The molecule has 2 aliphatic rings. The van der Waals surface area contributed by atoms with Crippen LogP contribution in [0.3, 0.4) is 0 Å². The first kappa shape index (κ1) is 15.2. The van der Waals surface area contributed by atoms with Crippen LogP contribution >= 0.6 is 0 Å². The van der Waals surface area contributed by atoms with E-state index in [2.05, 4.69) is 10.3 Å². The van der Waals surface area contributed by atoms with E-state index < -0.39 is 11.5 Å². The minimum atomic E-state index is -0.857. The summed E-state index contributed by atoms with van der Waals surface area (Å²) in [6.45, 7) is 1.40. The standard InChI is InChI=1S/C18H21N3O3/c22-15-5-9-21(11-18(15)6-1-7-20-17(18)24)16(23)13-2-3-14-12(10-13)4-8-19-14/h2-4,8,10,15,19,22H,1,5-7,9,11H2,(H,20,24)/t15-,18-/m1/s1. The Morgan fingerprint density at radius 3 is 3.04 bits per heavy atom. The van der Waals surface area contributed by atoms with Gasteiger partial charge in [0.25, 0.3) is 5.91 Å². The summed E-state index contributed by atoms with van der Waals surface area (Å²) in [6, 6.07) is 7.50. The summed E-state index contributed by atoms with van der Waals surface area (Å²) in [5.74, 6) is -0.206. The summed E-state index contributed by atoms with van der Waals surface area (Å²) in [6.07, 6.45) is 3.05. The zero-order chi connectivity index (χ0) is 16.7. The summed E-state index contributed by atoms with van der Waals surface area (Å²) in [4.78, 5) is 30.1. The van der Waals surface area contributed by atoms with Gasteiger partial charge in [0.1, 0.15) is 0 Å². The lowest BCUT2D eigenvalue weighted by Gasteiger charge is -2.46. The summed E-state index contributed by atoms with van der Waals surface area (Å²) >= 11 is 0. The summed E-state index contributed by atoms with van der Waals surface area (Å²) in [7, 11) is 0. The molecule has 3 heterocycles. The van der Waals surface area contributed by atoms with Gasteiger partial charge in [-0.3, -0.25) is 9.59 Å². The molecule has 126 valence electrons. The van der Waals surface area contributed by atoms with E-state index >= 15 is 0 Å². The van der Waals surface area contributed by atoms with Gasteiger partial charge in [-0.2, -0.15) is 0 Å². The van der Waals surface area contributed by atoms with Crippen LogP contribution in [-0.2, 0) is 4.79 Å². The van der Waals surface area contributed by atoms with Crippen LogP contribution in [0.15, 0.2) is 30.5 Å². The number of rotatable bonds is 1. The number of nitrogens with zero attached hydrogens (tertiary/aromatic N) is 1. The number of hydrogen-bond acceptors (Lipinski definition) is 3. The molecule has 6 heteroatoms. The van der Waals surface area contributed by atoms with Crippen molar-refractivity contribution in [2.45, 2.75) is 25.4 Å². The Kier molecular flexibility index (Phi) is 3.57. The molecule has 1 aromatic heterocycles. The molecule has 2 aromatic rings. The fraction of sp³-hybridized carbons (Fsp3) is 0.444. The van der Waals surface area contributed by atoms with Crippen molar-refractivity contribution in [1.29, 1.82) is 0 Å². The van der Waals surface area contributed by atoms with Crippen molar-refractivity contribution in [2.24, 2.45) is 5.41 Å². The lowest BCUT2D eigenvalue weighted by atomic mass is 9.71. The molecule has 0 radical (unpaired) electrons. The smallest absolute Gasteiger partial charge is 0.253 e. The van der Waals surface area contributed by atoms with Gasteiger partial charge in [-0.05, 0) is 43.5 Å². The van der Waals surface area contributed by atoms with Gasteiger partial charge in [0.2, 0.25) is 5.91 Å². The number of aromatic nitrogens is 1. The number of carbonyl (C=O) groups excluding carboxylic acids is 2. The highest BCUT2D eigenvalue weighted by Crippen LogP contribution is 2.37. The largest absolute Gasteiger partial charge is 0.392 e. The first-order valence-corrected chi connectivity index (χ1v) is 8.43. The van der Waals surface area contributed by atoms with E-state index in [9.17, 15) is 14.7 Å². The molecule has 0 bridgehead atoms. The van der Waals surface area contributed by atoms with Crippen molar-refractivity contribution in [1.82, 2.24) is 15.2 Å². The van der Waals surface area contributed by atoms with Crippen molar-refractivity contribution in [3.05, 3.63) is 36.0 Å². The third kappa shape index (κ3) is 2.29. The topological polar surface area (TPSA) is 85.4 Å². The van der Waals surface area contributed by atoms with Gasteiger partial charge in [0.05, 0.1) is 11.5 Å². The Morgan fingerprint density at radius 1 is 1.33 bits per heavy atom. The summed E-state index contributed by atoms with van der Waals surface area (Å²) in [5.41, 5.74) is 0.748. The second-order valence-electron chi connectivity index (χ2n) is 6.83. The highest BCUT2D eigenvalue weighted by Gasteiger charge is 2.50. The average molecular weight is 327 g/mol. The number of hydrogen-bond donors (Lipinski definition) is 3. The molecule has 24 heavy (non-hydrogen) atoms. The predicted molar refractivity (Wildman–Crippen MR) is 89.5 cm³/mol. The molecule has 2 amide bonds. The van der Waals surface area contributed by atoms with Crippen LogP contribution in [-0.4, -0.2) is 52.5 Å². The first-order chi connectivity index (χ1) is 11.6. The quantitative estimate of drug-likeness (QED) is 0.737. The monoisotopic (exact) mass is 327 g/mol. The number of aromatic amines is 1. The van der Waals surface area contributed by atoms with Crippen LogP contribution in [0.4, 0.5) is 0 Å². The number of benzene rings is 1. The zero-order valence-corrected chi connectivity index (χ0v) is 13.4. The Bertz CT molecular complexity index is 800. The van der Waals surface area contributed by atoms with E-state index in [-0.39, 0.29) is 18.4 Å². The van der Waals surface area contributed by atoms with E-state index in [1.807, 2.05) is 24.4 Å². The van der Waals surface area contributed by atoms with Crippen molar-refractivity contribution in [3.63, 3.8) is 0 Å². The van der Waals surface area contributed by atoms with E-state index in [0.717, 1.165) is 17.3 Å². The minimum Gasteiger partial charge on any atom is -0.392 e. The van der Waals surface area contributed by atoms with Crippen molar-refractivity contribution in [3.8, 4) is 0 Å². The number of carbonyl (C=O) groups is 2. The molecule has 2 saturated heterocycles. The molecule has 6 nitrogen and oxygen atoms in total. The highest BCUT2D eigenvalue weighted by atomic mass is 16.3. The highest BCUT2D eigenvalue weighted by molar-refractivity contribution is 5.98. The summed E-state index contributed by atoms with van der Waals surface area (Å²) < 4.78 is 0. The molecule has 1 spiro atoms. The second kappa shape index (κ2) is 5.63. The van der Waals surface area contributed by atoms with Gasteiger partial charge in [-0.25, -0.2) is 0 Å². The molecule has 0 unspecified atom stereocenters. The van der Waals surface area contributed by atoms with Gasteiger partial charge in [-0.1, -0.05) is 0 Å². The maximum atomic E-state index is 12.9. The van der Waals surface area contributed by atoms with Gasteiger partial charge in [0, 0.05) is 42.3 Å².